The SMILES string of the molecule is O=C(O)CCCCNC(=O)NCCn1ccnc1. The van der Waals surface area contributed by atoms with Gasteiger partial charge in [0.05, 0.1) is 6.33 Å². The van der Waals surface area contributed by atoms with E-state index in [1.165, 1.54) is 0 Å². The molecule has 0 aliphatic rings. The van der Waals surface area contributed by atoms with E-state index >= 15 is 0 Å². The molecule has 7 nitrogen and oxygen atoms in total. The van der Waals surface area contributed by atoms with Gasteiger partial charge < -0.3 is 20.3 Å². The van der Waals surface area contributed by atoms with Crippen LogP contribution in [0, 0.1) is 0 Å². The fourth-order valence-electron chi connectivity index (χ4n) is 1.38. The topological polar surface area (TPSA) is 96.3 Å². The first kappa shape index (κ1) is 14.0. The summed E-state index contributed by atoms with van der Waals surface area (Å²) in [4.78, 5) is 25.4. The molecule has 1 aromatic rings. The zero-order chi connectivity index (χ0) is 13.2. The molecular formula is C11H18N4O3. The van der Waals surface area contributed by atoms with Crippen LogP contribution in [0.25, 0.3) is 0 Å². The number of unbranched alkanes of at least 4 members (excludes halogenated alkanes) is 1. The summed E-state index contributed by atoms with van der Waals surface area (Å²) in [6.07, 6.45) is 6.58. The van der Waals surface area contributed by atoms with Crippen molar-refractivity contribution in [1.29, 1.82) is 0 Å². The molecule has 0 saturated carbocycles. The zero-order valence-corrected chi connectivity index (χ0v) is 10.1. The molecule has 0 aliphatic heterocycles. The fourth-order valence-corrected chi connectivity index (χ4v) is 1.38. The van der Waals surface area contributed by atoms with Crippen LogP contribution in [0.3, 0.4) is 0 Å². The number of nitrogens with zero attached hydrogens (tertiary/aromatic N) is 2. The maximum Gasteiger partial charge on any atom is 0.314 e. The lowest BCUT2D eigenvalue weighted by atomic mass is 10.2. The number of hydrogen-bond donors (Lipinski definition) is 3. The van der Waals surface area contributed by atoms with E-state index in [0.717, 1.165) is 0 Å². The van der Waals surface area contributed by atoms with Crippen LogP contribution < -0.4 is 10.6 Å². The van der Waals surface area contributed by atoms with Crippen molar-refractivity contribution in [3.05, 3.63) is 18.7 Å². The van der Waals surface area contributed by atoms with E-state index in [1.807, 2.05) is 10.8 Å². The van der Waals surface area contributed by atoms with Crippen LogP contribution in [0.15, 0.2) is 18.7 Å². The van der Waals surface area contributed by atoms with Crippen LogP contribution in [0.1, 0.15) is 19.3 Å². The van der Waals surface area contributed by atoms with Crippen LogP contribution in [-0.4, -0.2) is 39.7 Å². The number of carboxylic acid groups (broad SMARTS) is 1. The van der Waals surface area contributed by atoms with Crippen LogP contribution in [-0.2, 0) is 11.3 Å². The monoisotopic (exact) mass is 254 g/mol. The highest BCUT2D eigenvalue weighted by Crippen LogP contribution is 1.93. The first-order chi connectivity index (χ1) is 8.68. The highest BCUT2D eigenvalue weighted by Gasteiger charge is 2.00. The summed E-state index contributed by atoms with van der Waals surface area (Å²) in [6, 6.07) is -0.231. The molecule has 0 spiro atoms. The zero-order valence-electron chi connectivity index (χ0n) is 10.1. The summed E-state index contributed by atoms with van der Waals surface area (Å²) >= 11 is 0. The van der Waals surface area contributed by atoms with Gasteiger partial charge in [-0.3, -0.25) is 4.79 Å². The lowest BCUT2D eigenvalue weighted by molar-refractivity contribution is -0.137. The molecule has 7 heteroatoms. The number of carbonyl (C=O) groups is 2. The van der Waals surface area contributed by atoms with Gasteiger partial charge in [0.1, 0.15) is 0 Å². The lowest BCUT2D eigenvalue weighted by Gasteiger charge is -2.07. The van der Waals surface area contributed by atoms with Crippen molar-refractivity contribution in [3.8, 4) is 0 Å². The molecule has 0 aliphatic carbocycles. The molecule has 1 rings (SSSR count). The standard InChI is InChI=1S/C11H18N4O3/c16-10(17)3-1-2-4-13-11(18)14-6-8-15-7-5-12-9-15/h5,7,9H,1-4,6,8H2,(H,16,17)(H2,13,14,18). The van der Waals surface area contributed by atoms with E-state index < -0.39 is 5.97 Å². The van der Waals surface area contributed by atoms with Crippen molar-refractivity contribution < 1.29 is 14.7 Å². The maximum absolute atomic E-state index is 11.3. The third-order valence-corrected chi connectivity index (χ3v) is 2.32. The number of carboxylic acids is 1. The molecule has 1 aromatic heterocycles. The Morgan fingerprint density at radius 2 is 2.00 bits per heavy atom. The van der Waals surface area contributed by atoms with Crippen molar-refractivity contribution in [2.75, 3.05) is 13.1 Å². The predicted molar refractivity (Wildman–Crippen MR) is 65.1 cm³/mol. The van der Waals surface area contributed by atoms with E-state index in [9.17, 15) is 9.59 Å². The average Bonchev–Trinajstić information content (AvgIpc) is 2.81. The predicted octanol–water partition coefficient (Wildman–Crippen LogP) is 0.437. The molecule has 100 valence electrons. The van der Waals surface area contributed by atoms with Gasteiger partial charge in [-0.2, -0.15) is 0 Å². The van der Waals surface area contributed by atoms with E-state index in [1.54, 1.807) is 12.5 Å². The number of rotatable bonds is 8. The first-order valence-electron chi connectivity index (χ1n) is 5.87. The minimum Gasteiger partial charge on any atom is -0.481 e. The molecular weight excluding hydrogens is 236 g/mol. The smallest absolute Gasteiger partial charge is 0.314 e. The number of aliphatic carboxylic acids is 1. The Morgan fingerprint density at radius 3 is 2.67 bits per heavy atom. The van der Waals surface area contributed by atoms with Crippen molar-refractivity contribution in [2.24, 2.45) is 0 Å². The number of amides is 2. The average molecular weight is 254 g/mol. The second-order valence-corrected chi connectivity index (χ2v) is 3.83. The lowest BCUT2D eigenvalue weighted by Crippen LogP contribution is -2.37. The molecule has 2 amide bonds. The number of nitrogens with one attached hydrogen (secondary N) is 2. The van der Waals surface area contributed by atoms with E-state index in [4.69, 9.17) is 5.11 Å². The van der Waals surface area contributed by atoms with Gasteiger partial charge in [-0.15, -0.1) is 0 Å². The minimum atomic E-state index is -0.806. The van der Waals surface area contributed by atoms with Gasteiger partial charge in [-0.05, 0) is 12.8 Å². The van der Waals surface area contributed by atoms with Crippen LogP contribution in [0.5, 0.6) is 0 Å². The molecule has 18 heavy (non-hydrogen) atoms. The quantitative estimate of drug-likeness (QED) is 0.586. The molecule has 0 saturated heterocycles. The number of urea groups is 1. The second kappa shape index (κ2) is 8.10. The summed E-state index contributed by atoms with van der Waals surface area (Å²) in [5, 5.41) is 13.8. The highest BCUT2D eigenvalue weighted by atomic mass is 16.4. The molecule has 3 N–H and O–H groups in total. The van der Waals surface area contributed by atoms with Crippen LogP contribution in [0.4, 0.5) is 4.79 Å². The molecule has 0 aromatic carbocycles. The molecule has 0 radical (unpaired) electrons. The van der Waals surface area contributed by atoms with Crippen molar-refractivity contribution in [2.45, 2.75) is 25.8 Å². The van der Waals surface area contributed by atoms with E-state index in [0.29, 0.717) is 32.5 Å². The van der Waals surface area contributed by atoms with Gasteiger partial charge in [-0.25, -0.2) is 9.78 Å². The van der Waals surface area contributed by atoms with Crippen molar-refractivity contribution in [3.63, 3.8) is 0 Å². The van der Waals surface area contributed by atoms with E-state index in [2.05, 4.69) is 15.6 Å². The first-order valence-corrected chi connectivity index (χ1v) is 5.87. The van der Waals surface area contributed by atoms with Gasteiger partial charge in [-0.1, -0.05) is 0 Å². The van der Waals surface area contributed by atoms with Gasteiger partial charge in [0.2, 0.25) is 0 Å². The third kappa shape index (κ3) is 6.51. The summed E-state index contributed by atoms with van der Waals surface area (Å²) in [5.74, 6) is -0.806. The third-order valence-electron chi connectivity index (χ3n) is 2.32. The summed E-state index contributed by atoms with van der Waals surface area (Å²) in [6.45, 7) is 1.69. The van der Waals surface area contributed by atoms with E-state index in [-0.39, 0.29) is 12.5 Å². The highest BCUT2D eigenvalue weighted by molar-refractivity contribution is 5.73. The number of hydrogen-bond acceptors (Lipinski definition) is 3. The Labute approximate surface area is 105 Å². The Hall–Kier alpha value is -2.05. The Balaban J connectivity index is 1.95. The fraction of sp³-hybridized carbons (Fsp3) is 0.545. The summed E-state index contributed by atoms with van der Waals surface area (Å²) in [7, 11) is 0. The number of aromatic nitrogens is 2. The Morgan fingerprint density at radius 1 is 1.22 bits per heavy atom. The summed E-state index contributed by atoms with van der Waals surface area (Å²) < 4.78 is 1.87. The Kier molecular flexibility index (Phi) is 6.31. The second-order valence-electron chi connectivity index (χ2n) is 3.83. The molecule has 0 atom stereocenters. The van der Waals surface area contributed by atoms with Crippen molar-refractivity contribution >= 4 is 12.0 Å². The minimum absolute atomic E-state index is 0.143. The largest absolute Gasteiger partial charge is 0.481 e. The van der Waals surface area contributed by atoms with Gasteiger partial charge >= 0.3 is 12.0 Å². The van der Waals surface area contributed by atoms with Crippen LogP contribution in [0.2, 0.25) is 0 Å². The molecule has 0 unspecified atom stereocenters. The Bertz CT molecular complexity index is 364. The molecule has 1 heterocycles. The molecule has 0 fully saturated rings. The number of imidazole rings is 1. The van der Waals surface area contributed by atoms with Gasteiger partial charge in [0, 0.05) is 38.4 Å². The number of carbonyl (C=O) groups excluding carboxylic acids is 1. The van der Waals surface area contributed by atoms with Crippen LogP contribution >= 0.6 is 0 Å². The molecule has 0 bridgehead atoms. The van der Waals surface area contributed by atoms with Gasteiger partial charge in [0.15, 0.2) is 0 Å². The van der Waals surface area contributed by atoms with Crippen molar-refractivity contribution in [1.82, 2.24) is 20.2 Å². The normalized spacial score (nSPS) is 10.0. The maximum atomic E-state index is 11.3. The summed E-state index contributed by atoms with van der Waals surface area (Å²) in [5.41, 5.74) is 0. The van der Waals surface area contributed by atoms with Gasteiger partial charge in [0.25, 0.3) is 0 Å².